The highest BCUT2D eigenvalue weighted by Gasteiger charge is 2.34. The van der Waals surface area contributed by atoms with Gasteiger partial charge in [0.05, 0.1) is 13.0 Å². The lowest BCUT2D eigenvalue weighted by Gasteiger charge is -2.24. The summed E-state index contributed by atoms with van der Waals surface area (Å²) in [5.41, 5.74) is 0.691. The third-order valence-electron chi connectivity index (χ3n) is 7.45. The zero-order chi connectivity index (χ0) is 36.1. The number of aromatic nitrogens is 1. The van der Waals surface area contributed by atoms with Crippen molar-refractivity contribution >= 4 is 35.1 Å². The number of para-hydroxylation sites is 1. The van der Waals surface area contributed by atoms with E-state index < -0.39 is 76.7 Å². The number of carbonyl (C=O) groups is 3. The minimum absolute atomic E-state index is 0.000725. The average molecular weight is 695 g/mol. The minimum Gasteiger partial charge on any atom is -0.483 e. The number of rotatable bonds is 18. The van der Waals surface area contributed by atoms with Gasteiger partial charge in [-0.3, -0.25) is 9.59 Å². The predicted octanol–water partition coefficient (Wildman–Crippen LogP) is 6.97. The molecule has 0 saturated heterocycles. The van der Waals surface area contributed by atoms with Crippen molar-refractivity contribution in [1.29, 1.82) is 0 Å². The van der Waals surface area contributed by atoms with E-state index in [9.17, 15) is 36.3 Å². The lowest BCUT2D eigenvalue weighted by atomic mass is 10.0. The molecule has 3 aromatic rings. The summed E-state index contributed by atoms with van der Waals surface area (Å²) < 4.78 is 80.1. The molecule has 1 aromatic heterocycles. The number of ether oxygens (including phenoxy) is 2. The summed E-state index contributed by atoms with van der Waals surface area (Å²) in [6.45, 7) is 7.43. The fourth-order valence-corrected chi connectivity index (χ4v) is 5.00. The minimum atomic E-state index is -2.45. The largest absolute Gasteiger partial charge is 0.483 e. The Bertz CT molecular complexity index is 1590. The third-order valence-corrected chi connectivity index (χ3v) is 7.45. The van der Waals surface area contributed by atoms with Gasteiger partial charge in [0.2, 0.25) is 46.6 Å². The molecule has 0 unspecified atom stereocenters. The molecule has 0 saturated carbocycles. The van der Waals surface area contributed by atoms with E-state index in [1.54, 1.807) is 27.0 Å². The van der Waals surface area contributed by atoms with Crippen LogP contribution < -0.4 is 15.4 Å². The molecular formula is C35H43F5N4O5. The number of nitrogens with one attached hydrogen (secondary N) is 3. The molecule has 3 N–H and O–H groups in total. The number of aliphatic imine (C=N–C) groups is 1. The van der Waals surface area contributed by atoms with Crippen molar-refractivity contribution < 1.29 is 45.8 Å². The van der Waals surface area contributed by atoms with Gasteiger partial charge in [0.15, 0.2) is 6.40 Å². The van der Waals surface area contributed by atoms with Crippen LogP contribution in [0.1, 0.15) is 84.6 Å². The van der Waals surface area contributed by atoms with Crippen LogP contribution >= 0.6 is 0 Å². The molecule has 0 aliphatic carbocycles. The van der Waals surface area contributed by atoms with E-state index >= 15 is 0 Å². The van der Waals surface area contributed by atoms with E-state index in [-0.39, 0.29) is 6.42 Å². The van der Waals surface area contributed by atoms with Crippen molar-refractivity contribution in [3.63, 3.8) is 0 Å². The number of fused-ring (bicyclic) bond motifs is 1. The Balaban J connectivity index is 1.83. The number of esters is 1. The number of hydrogen-bond donors (Lipinski definition) is 3. The van der Waals surface area contributed by atoms with Crippen LogP contribution in [-0.4, -0.2) is 53.4 Å². The lowest BCUT2D eigenvalue weighted by molar-refractivity contribution is -0.142. The summed E-state index contributed by atoms with van der Waals surface area (Å²) in [7, 11) is 0. The monoisotopic (exact) mass is 694 g/mol. The van der Waals surface area contributed by atoms with E-state index in [2.05, 4.69) is 32.3 Å². The van der Waals surface area contributed by atoms with Crippen LogP contribution in [0, 0.1) is 29.1 Å². The maximum atomic E-state index is 14.4. The second kappa shape index (κ2) is 18.3. The molecule has 1 heterocycles. The quantitative estimate of drug-likeness (QED) is 0.0194. The van der Waals surface area contributed by atoms with Crippen molar-refractivity contribution in [3.05, 3.63) is 65.1 Å². The molecule has 2 atom stereocenters. The smallest absolute Gasteiger partial charge is 0.334 e. The Morgan fingerprint density at radius 3 is 2.16 bits per heavy atom. The fourth-order valence-electron chi connectivity index (χ4n) is 5.00. The van der Waals surface area contributed by atoms with Crippen LogP contribution in [0.2, 0.25) is 0 Å². The molecule has 0 spiro atoms. The Morgan fingerprint density at radius 1 is 0.898 bits per heavy atom. The summed E-state index contributed by atoms with van der Waals surface area (Å²) >= 11 is 0. The lowest BCUT2D eigenvalue weighted by Crippen LogP contribution is -2.51. The summed E-state index contributed by atoms with van der Waals surface area (Å²) in [5, 5.41) is 5.70. The van der Waals surface area contributed by atoms with Crippen LogP contribution in [0.5, 0.6) is 5.75 Å². The van der Waals surface area contributed by atoms with E-state index in [1.165, 1.54) is 12.8 Å². The third kappa shape index (κ3) is 11.6. The molecule has 3 rings (SSSR count). The van der Waals surface area contributed by atoms with Gasteiger partial charge in [-0.15, -0.1) is 0 Å². The number of hydrogen-bond acceptors (Lipinski definition) is 6. The summed E-state index contributed by atoms with van der Waals surface area (Å²) in [6.07, 6.45) is 9.48. The first-order valence-corrected chi connectivity index (χ1v) is 16.3. The molecule has 2 amide bonds. The van der Waals surface area contributed by atoms with Crippen molar-refractivity contribution in [2.45, 2.75) is 103 Å². The highest BCUT2D eigenvalue weighted by Crippen LogP contribution is 2.29. The topological polar surface area (TPSA) is 122 Å². The van der Waals surface area contributed by atoms with E-state index in [1.807, 2.05) is 24.3 Å². The van der Waals surface area contributed by atoms with Gasteiger partial charge in [-0.25, -0.2) is 23.0 Å². The second-order valence-electron chi connectivity index (χ2n) is 12.7. The molecule has 0 aliphatic heterocycles. The number of nitrogens with zero attached hydrogens (tertiary/aromatic N) is 1. The number of amides is 2. The highest BCUT2D eigenvalue weighted by atomic mass is 19.2. The van der Waals surface area contributed by atoms with Crippen molar-refractivity contribution in [1.82, 2.24) is 15.6 Å². The average Bonchev–Trinajstić information content (AvgIpc) is 3.46. The molecule has 0 aliphatic rings. The number of halogens is 5. The summed E-state index contributed by atoms with van der Waals surface area (Å²) in [6, 6.07) is 4.15. The molecule has 0 bridgehead atoms. The maximum absolute atomic E-state index is 14.4. The highest BCUT2D eigenvalue weighted by molar-refractivity contribution is 5.93. The molecular weight excluding hydrogens is 651 g/mol. The van der Waals surface area contributed by atoms with Gasteiger partial charge in [0, 0.05) is 29.1 Å². The Kier molecular flexibility index (Phi) is 14.6. The number of benzene rings is 2. The molecule has 0 radical (unpaired) electrons. The number of H-pyrrole nitrogens is 1. The van der Waals surface area contributed by atoms with Gasteiger partial charge >= 0.3 is 5.97 Å². The van der Waals surface area contributed by atoms with Crippen molar-refractivity contribution in [2.24, 2.45) is 4.99 Å². The predicted molar refractivity (Wildman–Crippen MR) is 175 cm³/mol. The Labute approximate surface area is 282 Å². The zero-order valence-corrected chi connectivity index (χ0v) is 28.1. The Morgan fingerprint density at radius 2 is 1.51 bits per heavy atom. The normalized spacial score (nSPS) is 13.0. The van der Waals surface area contributed by atoms with Crippen LogP contribution in [0.15, 0.2) is 35.5 Å². The van der Waals surface area contributed by atoms with Crippen LogP contribution in [-0.2, 0) is 25.5 Å². The first kappa shape index (κ1) is 39.0. The molecule has 49 heavy (non-hydrogen) atoms. The first-order valence-electron chi connectivity index (χ1n) is 16.3. The van der Waals surface area contributed by atoms with Crippen LogP contribution in [0.4, 0.5) is 22.0 Å². The standard InChI is InChI=1S/C35H43F5N4O5/c1-5-6-7-8-9-10-13-16-48-20-42-24(17-21-19-41-23-15-12-11-14-22(21)23)33(46)43-25(18-26(45)44-35(2,3)4)34(47)49-32-30(39)28(37)27(36)29(38)31(32)40/h11-12,14-15,19-20,24-25,41H,5-10,13,16-18H2,1-4H3,(H,43,46)(H,44,45)/t24-,25+/m0/s1. The Hall–Kier alpha value is -4.49. The second-order valence-corrected chi connectivity index (χ2v) is 12.7. The van der Waals surface area contributed by atoms with Gasteiger partial charge in [-0.1, -0.05) is 63.6 Å². The number of unbranched alkanes of at least 4 members (excludes halogenated alkanes) is 6. The number of carbonyl (C=O) groups excluding carboxylic acids is 3. The van der Waals surface area contributed by atoms with Gasteiger partial charge in [0.25, 0.3) is 0 Å². The SMILES string of the molecule is CCCCCCCCCOC=N[C@@H](Cc1c[nH]c2ccccc12)C(=O)N[C@H](CC(=O)NC(C)(C)C)C(=O)Oc1c(F)c(F)c(F)c(F)c1F. The van der Waals surface area contributed by atoms with Gasteiger partial charge in [0.1, 0.15) is 12.1 Å². The van der Waals surface area contributed by atoms with E-state index in [0.29, 0.717) is 12.2 Å². The molecule has 2 aromatic carbocycles. The van der Waals surface area contributed by atoms with Crippen molar-refractivity contribution in [2.75, 3.05) is 6.61 Å². The first-order chi connectivity index (χ1) is 23.2. The zero-order valence-electron chi connectivity index (χ0n) is 28.1. The molecule has 9 nitrogen and oxygen atoms in total. The van der Waals surface area contributed by atoms with Crippen LogP contribution in [0.25, 0.3) is 10.9 Å². The summed E-state index contributed by atoms with van der Waals surface area (Å²) in [4.78, 5) is 47.0. The molecule has 0 fully saturated rings. The maximum Gasteiger partial charge on any atom is 0.334 e. The van der Waals surface area contributed by atoms with Crippen LogP contribution in [0.3, 0.4) is 0 Å². The van der Waals surface area contributed by atoms with E-state index in [0.717, 1.165) is 49.4 Å². The fraction of sp³-hybridized carbons (Fsp3) is 0.486. The summed E-state index contributed by atoms with van der Waals surface area (Å²) in [5.74, 6) is -17.1. The molecule has 14 heteroatoms. The van der Waals surface area contributed by atoms with Crippen molar-refractivity contribution in [3.8, 4) is 5.75 Å². The molecule has 268 valence electrons. The van der Waals surface area contributed by atoms with E-state index in [4.69, 9.17) is 4.74 Å². The van der Waals surface area contributed by atoms with Gasteiger partial charge < -0.3 is 25.1 Å². The van der Waals surface area contributed by atoms with Gasteiger partial charge in [-0.05, 0) is 38.8 Å². The van der Waals surface area contributed by atoms with Gasteiger partial charge in [-0.2, -0.15) is 8.78 Å². The number of aromatic amines is 1.